The Bertz CT molecular complexity index is 854. The molecule has 0 radical (unpaired) electrons. The summed E-state index contributed by atoms with van der Waals surface area (Å²) < 4.78 is 12.4. The molecule has 0 saturated heterocycles. The van der Waals surface area contributed by atoms with Gasteiger partial charge in [0.15, 0.2) is 0 Å². The normalized spacial score (nSPS) is 13.0. The molecule has 0 spiro atoms. The summed E-state index contributed by atoms with van der Waals surface area (Å²) in [5, 5.41) is 0. The predicted molar refractivity (Wildman–Crippen MR) is 212 cm³/mol. The fourth-order valence-corrected chi connectivity index (χ4v) is 7.32. The van der Waals surface area contributed by atoms with E-state index in [9.17, 15) is 0 Å². The number of aromatic amines is 1. The second-order valence-corrected chi connectivity index (χ2v) is 15.2. The zero-order valence-electron chi connectivity index (χ0n) is 30.5. The second kappa shape index (κ2) is 37.6. The molecule has 0 aliphatic rings. The van der Waals surface area contributed by atoms with Crippen LogP contribution in [0.3, 0.4) is 0 Å². The SMILES string of the molecule is CCC/C=C\C/C=C\CCCCCCCCOCC(CSSCc1cnc[nH]1)OCCCCCCCC/C=C\C/C=C\CCCCC. The number of ether oxygens (including phenoxy) is 2. The summed E-state index contributed by atoms with van der Waals surface area (Å²) in [6.45, 7) is 6.90. The molecule has 1 heterocycles. The van der Waals surface area contributed by atoms with Gasteiger partial charge in [-0.05, 0) is 70.6 Å². The summed E-state index contributed by atoms with van der Waals surface area (Å²) in [6, 6.07) is 0. The van der Waals surface area contributed by atoms with Crippen molar-refractivity contribution in [3.05, 3.63) is 66.8 Å². The molecule has 47 heavy (non-hydrogen) atoms. The molecule has 0 aliphatic heterocycles. The van der Waals surface area contributed by atoms with Crippen LogP contribution in [0.15, 0.2) is 61.1 Å². The van der Waals surface area contributed by atoms with Gasteiger partial charge < -0.3 is 14.5 Å². The van der Waals surface area contributed by atoms with Crippen LogP contribution in [-0.2, 0) is 15.2 Å². The van der Waals surface area contributed by atoms with Crippen LogP contribution < -0.4 is 0 Å². The number of hydrogen-bond donors (Lipinski definition) is 1. The van der Waals surface area contributed by atoms with E-state index in [4.69, 9.17) is 9.47 Å². The van der Waals surface area contributed by atoms with Crippen molar-refractivity contribution in [1.29, 1.82) is 0 Å². The standard InChI is InChI=1S/C41H72N2O2S2/c1-3-5-7-9-11-13-15-17-19-20-22-24-26-28-30-32-34-45-41(38-47-46-37-40-35-42-39-43-40)36-44-33-31-29-27-25-23-21-18-16-14-12-10-8-6-4-2/h8,10-11,13-14,16-17,19,35,39,41H,3-7,9,12,15,18,20-34,36-38H2,1-2H3,(H,42,43)/b10-8-,13-11-,16-14-,19-17-. The highest BCUT2D eigenvalue weighted by atomic mass is 33.1. The van der Waals surface area contributed by atoms with E-state index >= 15 is 0 Å². The first kappa shape index (κ1) is 43.8. The Morgan fingerprint density at radius 1 is 0.617 bits per heavy atom. The van der Waals surface area contributed by atoms with Crippen molar-refractivity contribution in [2.45, 2.75) is 167 Å². The first-order valence-electron chi connectivity index (χ1n) is 19.4. The topological polar surface area (TPSA) is 47.1 Å². The number of hydrogen-bond acceptors (Lipinski definition) is 5. The molecule has 6 heteroatoms. The maximum Gasteiger partial charge on any atom is 0.0921 e. The van der Waals surface area contributed by atoms with Crippen LogP contribution in [0, 0.1) is 0 Å². The maximum absolute atomic E-state index is 6.32. The van der Waals surface area contributed by atoms with Gasteiger partial charge in [0, 0.05) is 36.6 Å². The molecule has 0 fully saturated rings. The number of allylic oxidation sites excluding steroid dienone is 8. The summed E-state index contributed by atoms with van der Waals surface area (Å²) in [6.07, 6.45) is 50.2. The molecule has 0 amide bonds. The summed E-state index contributed by atoms with van der Waals surface area (Å²) in [4.78, 5) is 7.30. The molecule has 1 atom stereocenters. The van der Waals surface area contributed by atoms with Crippen LogP contribution in [0.2, 0.25) is 0 Å². The molecule has 0 saturated carbocycles. The van der Waals surface area contributed by atoms with Gasteiger partial charge in [0.25, 0.3) is 0 Å². The fourth-order valence-electron chi connectivity index (χ4n) is 5.14. The molecular weight excluding hydrogens is 617 g/mol. The molecule has 1 aromatic heterocycles. The fraction of sp³-hybridized carbons (Fsp3) is 0.732. The highest BCUT2D eigenvalue weighted by Crippen LogP contribution is 2.26. The van der Waals surface area contributed by atoms with Crippen molar-refractivity contribution in [1.82, 2.24) is 9.97 Å². The largest absolute Gasteiger partial charge is 0.379 e. The minimum Gasteiger partial charge on any atom is -0.379 e. The third-order valence-corrected chi connectivity index (χ3v) is 10.4. The lowest BCUT2D eigenvalue weighted by atomic mass is 10.1. The van der Waals surface area contributed by atoms with E-state index in [-0.39, 0.29) is 6.10 Å². The van der Waals surface area contributed by atoms with Gasteiger partial charge in [0.05, 0.1) is 19.0 Å². The quantitative estimate of drug-likeness (QED) is 0.0432. The average molecular weight is 689 g/mol. The number of aromatic nitrogens is 2. The summed E-state index contributed by atoms with van der Waals surface area (Å²) in [5.41, 5.74) is 1.17. The molecule has 1 aromatic rings. The summed E-state index contributed by atoms with van der Waals surface area (Å²) in [7, 11) is 3.75. The van der Waals surface area contributed by atoms with Crippen molar-refractivity contribution in [3.8, 4) is 0 Å². The summed E-state index contributed by atoms with van der Waals surface area (Å²) >= 11 is 0. The molecule has 0 aromatic carbocycles. The van der Waals surface area contributed by atoms with Gasteiger partial charge in [-0.3, -0.25) is 0 Å². The molecular formula is C41H72N2O2S2. The monoisotopic (exact) mass is 689 g/mol. The third kappa shape index (κ3) is 33.1. The zero-order chi connectivity index (χ0) is 33.6. The Hall–Kier alpha value is -1.21. The highest BCUT2D eigenvalue weighted by molar-refractivity contribution is 8.76. The van der Waals surface area contributed by atoms with Crippen LogP contribution in [0.25, 0.3) is 0 Å². The Balaban J connectivity index is 2.06. The van der Waals surface area contributed by atoms with E-state index in [0.717, 1.165) is 50.4 Å². The van der Waals surface area contributed by atoms with Crippen LogP contribution in [0.5, 0.6) is 0 Å². The first-order valence-corrected chi connectivity index (χ1v) is 21.9. The van der Waals surface area contributed by atoms with Gasteiger partial charge in [-0.15, -0.1) is 0 Å². The predicted octanol–water partition coefficient (Wildman–Crippen LogP) is 13.5. The number of imidazole rings is 1. The van der Waals surface area contributed by atoms with Crippen LogP contribution >= 0.6 is 21.6 Å². The molecule has 1 unspecified atom stereocenters. The number of rotatable bonds is 36. The number of nitrogens with zero attached hydrogens (tertiary/aromatic N) is 1. The van der Waals surface area contributed by atoms with Crippen molar-refractivity contribution < 1.29 is 9.47 Å². The Morgan fingerprint density at radius 2 is 1.17 bits per heavy atom. The Labute approximate surface area is 299 Å². The van der Waals surface area contributed by atoms with E-state index in [1.54, 1.807) is 6.33 Å². The van der Waals surface area contributed by atoms with E-state index < -0.39 is 0 Å². The minimum atomic E-state index is 0.169. The first-order chi connectivity index (χ1) is 23.4. The minimum absolute atomic E-state index is 0.169. The lowest BCUT2D eigenvalue weighted by Gasteiger charge is -2.18. The van der Waals surface area contributed by atoms with Crippen LogP contribution in [-0.4, -0.2) is 41.6 Å². The van der Waals surface area contributed by atoms with Crippen LogP contribution in [0.4, 0.5) is 0 Å². The van der Waals surface area contributed by atoms with E-state index in [0.29, 0.717) is 6.61 Å². The van der Waals surface area contributed by atoms with Crippen molar-refractivity contribution in [2.24, 2.45) is 0 Å². The zero-order valence-corrected chi connectivity index (χ0v) is 32.2. The van der Waals surface area contributed by atoms with Gasteiger partial charge in [0.1, 0.15) is 0 Å². The van der Waals surface area contributed by atoms with E-state index in [1.807, 2.05) is 27.8 Å². The van der Waals surface area contributed by atoms with E-state index in [2.05, 4.69) is 72.4 Å². The van der Waals surface area contributed by atoms with Gasteiger partial charge in [-0.1, -0.05) is 155 Å². The Kier molecular flexibility index (Phi) is 35.1. The lowest BCUT2D eigenvalue weighted by Crippen LogP contribution is -2.23. The maximum atomic E-state index is 6.32. The smallest absolute Gasteiger partial charge is 0.0921 e. The molecule has 270 valence electrons. The molecule has 1 rings (SSSR count). The molecule has 0 bridgehead atoms. The van der Waals surface area contributed by atoms with E-state index in [1.165, 1.54) is 121 Å². The highest BCUT2D eigenvalue weighted by Gasteiger charge is 2.11. The van der Waals surface area contributed by atoms with Gasteiger partial charge in [-0.25, -0.2) is 4.98 Å². The lowest BCUT2D eigenvalue weighted by molar-refractivity contribution is -0.00609. The molecule has 1 N–H and O–H groups in total. The van der Waals surface area contributed by atoms with Crippen molar-refractivity contribution >= 4 is 21.6 Å². The number of H-pyrrole nitrogens is 1. The van der Waals surface area contributed by atoms with Gasteiger partial charge >= 0.3 is 0 Å². The third-order valence-electron chi connectivity index (χ3n) is 8.08. The molecule has 0 aliphatic carbocycles. The van der Waals surface area contributed by atoms with Gasteiger partial charge in [0.2, 0.25) is 0 Å². The van der Waals surface area contributed by atoms with Crippen molar-refractivity contribution in [3.63, 3.8) is 0 Å². The average Bonchev–Trinajstić information content (AvgIpc) is 3.61. The van der Waals surface area contributed by atoms with Gasteiger partial charge in [-0.2, -0.15) is 0 Å². The summed E-state index contributed by atoms with van der Waals surface area (Å²) in [5.74, 6) is 1.90. The number of nitrogens with one attached hydrogen (secondary N) is 1. The van der Waals surface area contributed by atoms with Crippen molar-refractivity contribution in [2.75, 3.05) is 25.6 Å². The number of unbranched alkanes of at least 4 members (excludes halogenated alkanes) is 16. The Morgan fingerprint density at radius 3 is 1.74 bits per heavy atom. The second-order valence-electron chi connectivity index (χ2n) is 12.7. The van der Waals surface area contributed by atoms with Crippen LogP contribution in [0.1, 0.15) is 161 Å². The molecule has 4 nitrogen and oxygen atoms in total.